The molecule has 1 fully saturated rings. The van der Waals surface area contributed by atoms with Gasteiger partial charge in [0.05, 0.1) is 0 Å². The van der Waals surface area contributed by atoms with E-state index in [-0.39, 0.29) is 29.4 Å². The minimum absolute atomic E-state index is 0.0789. The summed E-state index contributed by atoms with van der Waals surface area (Å²) in [5.41, 5.74) is 0.190. The topological polar surface area (TPSA) is 84.2 Å². The summed E-state index contributed by atoms with van der Waals surface area (Å²) in [6.07, 6.45) is 3.99. The Labute approximate surface area is 112 Å². The maximum absolute atomic E-state index is 11.7. The first-order valence-electron chi connectivity index (χ1n) is 6.61. The third kappa shape index (κ3) is 4.08. The van der Waals surface area contributed by atoms with Gasteiger partial charge in [-0.25, -0.2) is 0 Å². The van der Waals surface area contributed by atoms with Gasteiger partial charge >= 0.3 is 6.01 Å². The number of anilines is 1. The number of nitrogens with one attached hydrogen (secondary N) is 2. The van der Waals surface area contributed by atoms with Gasteiger partial charge in [0.25, 0.3) is 5.91 Å². The molecule has 0 aromatic carbocycles. The van der Waals surface area contributed by atoms with E-state index >= 15 is 0 Å². The lowest BCUT2D eigenvalue weighted by Crippen LogP contribution is -2.25. The van der Waals surface area contributed by atoms with Gasteiger partial charge in [-0.3, -0.25) is 14.9 Å². The van der Waals surface area contributed by atoms with Crippen molar-refractivity contribution in [1.29, 1.82) is 0 Å². The molecule has 19 heavy (non-hydrogen) atoms. The summed E-state index contributed by atoms with van der Waals surface area (Å²) < 4.78 is 5.06. The second-order valence-electron chi connectivity index (χ2n) is 5.24. The van der Waals surface area contributed by atoms with E-state index in [0.717, 1.165) is 19.3 Å². The number of aromatic nitrogens is 1. The third-order valence-corrected chi connectivity index (χ3v) is 2.92. The van der Waals surface area contributed by atoms with Crippen LogP contribution in [0.25, 0.3) is 0 Å². The molecule has 0 unspecified atom stereocenters. The normalized spacial score (nSPS) is 14.5. The zero-order chi connectivity index (χ0) is 13.8. The molecule has 1 aliphatic rings. The summed E-state index contributed by atoms with van der Waals surface area (Å²) in [5.74, 6) is 0.242. The minimum atomic E-state index is -0.281. The van der Waals surface area contributed by atoms with Gasteiger partial charge in [-0.05, 0) is 25.2 Å². The lowest BCUT2D eigenvalue weighted by atomic mass is 10.1. The Balaban J connectivity index is 1.81. The maximum Gasteiger partial charge on any atom is 0.302 e. The summed E-state index contributed by atoms with van der Waals surface area (Å²) in [7, 11) is 0. The second kappa shape index (κ2) is 5.86. The van der Waals surface area contributed by atoms with E-state index in [9.17, 15) is 9.59 Å². The van der Waals surface area contributed by atoms with Crippen molar-refractivity contribution >= 4 is 17.8 Å². The fourth-order valence-corrected chi connectivity index (χ4v) is 1.55. The van der Waals surface area contributed by atoms with Crippen molar-refractivity contribution in [2.24, 2.45) is 11.8 Å². The molecule has 6 nitrogen and oxygen atoms in total. The number of carbonyl (C=O) groups excluding carboxylic acids is 2. The predicted octanol–water partition coefficient (Wildman–Crippen LogP) is 1.80. The molecule has 2 amide bonds. The van der Waals surface area contributed by atoms with Gasteiger partial charge in [-0.1, -0.05) is 13.8 Å². The van der Waals surface area contributed by atoms with Crippen LogP contribution in [0.1, 0.15) is 43.6 Å². The molecular weight excluding hydrogens is 246 g/mol. The van der Waals surface area contributed by atoms with Crippen LogP contribution in [0, 0.1) is 11.8 Å². The Bertz CT molecular complexity index is 463. The van der Waals surface area contributed by atoms with Crippen LogP contribution in [0.5, 0.6) is 0 Å². The minimum Gasteiger partial charge on any atom is -0.431 e. The first kappa shape index (κ1) is 13.6. The summed E-state index contributed by atoms with van der Waals surface area (Å²) in [6.45, 7) is 4.79. The van der Waals surface area contributed by atoms with Crippen LogP contribution in [0.15, 0.2) is 10.7 Å². The summed E-state index contributed by atoms with van der Waals surface area (Å²) in [4.78, 5) is 27.2. The Morgan fingerprint density at radius 3 is 2.84 bits per heavy atom. The molecule has 0 saturated heterocycles. The Morgan fingerprint density at radius 2 is 2.21 bits per heavy atom. The van der Waals surface area contributed by atoms with Crippen LogP contribution >= 0.6 is 0 Å². The average Bonchev–Trinajstić information content (AvgIpc) is 3.10. The number of oxazole rings is 1. The van der Waals surface area contributed by atoms with Crippen molar-refractivity contribution in [3.05, 3.63) is 12.0 Å². The molecule has 0 spiro atoms. The predicted molar refractivity (Wildman–Crippen MR) is 69.6 cm³/mol. The summed E-state index contributed by atoms with van der Waals surface area (Å²) in [6, 6.07) is 0.0888. The molecule has 0 radical (unpaired) electrons. The maximum atomic E-state index is 11.7. The molecule has 1 aromatic rings. The van der Waals surface area contributed by atoms with E-state index in [0.29, 0.717) is 12.5 Å². The monoisotopic (exact) mass is 265 g/mol. The number of carbonyl (C=O) groups is 2. The van der Waals surface area contributed by atoms with Crippen LogP contribution in [0.3, 0.4) is 0 Å². The Morgan fingerprint density at radius 1 is 1.47 bits per heavy atom. The van der Waals surface area contributed by atoms with Crippen LogP contribution in [-0.4, -0.2) is 23.3 Å². The zero-order valence-corrected chi connectivity index (χ0v) is 11.2. The van der Waals surface area contributed by atoms with E-state index in [1.54, 1.807) is 0 Å². The SMILES string of the molecule is CC(C)CCNC(=O)c1coc(NC(=O)C2CC2)n1. The third-order valence-electron chi connectivity index (χ3n) is 2.92. The highest BCUT2D eigenvalue weighted by atomic mass is 16.4. The van der Waals surface area contributed by atoms with Crippen molar-refractivity contribution in [2.75, 3.05) is 11.9 Å². The molecule has 104 valence electrons. The highest BCUT2D eigenvalue weighted by Gasteiger charge is 2.30. The van der Waals surface area contributed by atoms with E-state index in [4.69, 9.17) is 4.42 Å². The standard InChI is InChI=1S/C13H19N3O3/c1-8(2)5-6-14-12(18)10-7-19-13(15-10)16-11(17)9-3-4-9/h7-9H,3-6H2,1-2H3,(H,14,18)(H,15,16,17). The molecule has 6 heteroatoms. The van der Waals surface area contributed by atoms with Crippen molar-refractivity contribution in [2.45, 2.75) is 33.1 Å². The van der Waals surface area contributed by atoms with Crippen LogP contribution in [0.2, 0.25) is 0 Å². The number of amides is 2. The van der Waals surface area contributed by atoms with Crippen LogP contribution in [-0.2, 0) is 4.79 Å². The first-order valence-corrected chi connectivity index (χ1v) is 6.61. The van der Waals surface area contributed by atoms with E-state index in [2.05, 4.69) is 29.5 Å². The number of hydrogen-bond acceptors (Lipinski definition) is 4. The van der Waals surface area contributed by atoms with Gasteiger partial charge in [-0.15, -0.1) is 0 Å². The van der Waals surface area contributed by atoms with Gasteiger partial charge in [0.2, 0.25) is 5.91 Å². The van der Waals surface area contributed by atoms with Gasteiger partial charge in [-0.2, -0.15) is 4.98 Å². The molecule has 0 bridgehead atoms. The average molecular weight is 265 g/mol. The first-order chi connectivity index (χ1) is 9.06. The molecule has 1 aliphatic carbocycles. The van der Waals surface area contributed by atoms with Gasteiger partial charge in [0, 0.05) is 12.5 Å². The lowest BCUT2D eigenvalue weighted by molar-refractivity contribution is -0.117. The van der Waals surface area contributed by atoms with E-state index in [1.165, 1.54) is 6.26 Å². The lowest BCUT2D eigenvalue weighted by Gasteiger charge is -2.04. The zero-order valence-electron chi connectivity index (χ0n) is 11.2. The van der Waals surface area contributed by atoms with Crippen LogP contribution < -0.4 is 10.6 Å². The smallest absolute Gasteiger partial charge is 0.302 e. The Hall–Kier alpha value is -1.85. The summed E-state index contributed by atoms with van der Waals surface area (Å²) >= 11 is 0. The highest BCUT2D eigenvalue weighted by Crippen LogP contribution is 2.29. The Kier molecular flexibility index (Phi) is 4.19. The summed E-state index contributed by atoms with van der Waals surface area (Å²) in [5, 5.41) is 5.31. The highest BCUT2D eigenvalue weighted by molar-refractivity contribution is 5.94. The largest absolute Gasteiger partial charge is 0.431 e. The molecule has 1 saturated carbocycles. The fourth-order valence-electron chi connectivity index (χ4n) is 1.55. The van der Waals surface area contributed by atoms with E-state index in [1.807, 2.05) is 0 Å². The van der Waals surface area contributed by atoms with Crippen LogP contribution in [0.4, 0.5) is 6.01 Å². The van der Waals surface area contributed by atoms with E-state index < -0.39 is 0 Å². The number of rotatable bonds is 6. The van der Waals surface area contributed by atoms with Crippen molar-refractivity contribution in [1.82, 2.24) is 10.3 Å². The quantitative estimate of drug-likeness (QED) is 0.821. The van der Waals surface area contributed by atoms with Crippen molar-refractivity contribution in [3.8, 4) is 0 Å². The molecular formula is C13H19N3O3. The molecule has 1 aromatic heterocycles. The fraction of sp³-hybridized carbons (Fsp3) is 0.615. The van der Waals surface area contributed by atoms with Crippen molar-refractivity contribution < 1.29 is 14.0 Å². The van der Waals surface area contributed by atoms with Gasteiger partial charge in [0.1, 0.15) is 6.26 Å². The molecule has 0 atom stereocenters. The van der Waals surface area contributed by atoms with Crippen molar-refractivity contribution in [3.63, 3.8) is 0 Å². The molecule has 1 heterocycles. The molecule has 2 rings (SSSR count). The molecule has 0 aliphatic heterocycles. The molecule has 2 N–H and O–H groups in total. The second-order valence-corrected chi connectivity index (χ2v) is 5.24. The van der Waals surface area contributed by atoms with Gasteiger partial charge in [0.15, 0.2) is 5.69 Å². The number of nitrogens with zero attached hydrogens (tertiary/aromatic N) is 1. The number of hydrogen-bond donors (Lipinski definition) is 2. The van der Waals surface area contributed by atoms with Gasteiger partial charge < -0.3 is 9.73 Å².